The Balaban J connectivity index is 2.28. The fraction of sp³-hybridized carbons (Fsp3) is 0.400. The molecule has 1 aromatic carbocycles. The summed E-state index contributed by atoms with van der Waals surface area (Å²) in [7, 11) is 0. The highest BCUT2D eigenvalue weighted by atomic mass is 35.5. The van der Waals surface area contributed by atoms with Crippen LogP contribution in [0.1, 0.15) is 37.8 Å². The first-order chi connectivity index (χ1) is 9.37. The zero-order chi connectivity index (χ0) is 14.8. The molecule has 0 fully saturated rings. The largest absolute Gasteiger partial charge is 0.385 e. The van der Waals surface area contributed by atoms with Crippen molar-refractivity contribution < 1.29 is 5.11 Å². The van der Waals surface area contributed by atoms with E-state index in [1.807, 2.05) is 22.9 Å². The van der Waals surface area contributed by atoms with Crippen LogP contribution >= 0.6 is 23.4 Å². The Bertz CT molecular complexity index is 534. The Labute approximate surface area is 129 Å². The Morgan fingerprint density at radius 1 is 1.25 bits per heavy atom. The van der Waals surface area contributed by atoms with Crippen molar-refractivity contribution in [3.63, 3.8) is 0 Å². The lowest BCUT2D eigenvalue weighted by Gasteiger charge is -2.30. The molecule has 2 aromatic rings. The number of benzene rings is 1. The predicted molar refractivity (Wildman–Crippen MR) is 85.0 cm³/mol. The Morgan fingerprint density at radius 3 is 2.40 bits per heavy atom. The normalized spacial score (nSPS) is 15.1. The second-order valence-corrected chi connectivity index (χ2v) is 8.01. The number of rotatable bonds is 4. The van der Waals surface area contributed by atoms with Crippen molar-refractivity contribution >= 4 is 23.4 Å². The Hall–Kier alpha value is -0.970. The molecular weight excluding hydrogens is 292 g/mol. The molecule has 0 aliphatic carbocycles. The molecule has 0 aliphatic rings. The van der Waals surface area contributed by atoms with Crippen LogP contribution in [0.15, 0.2) is 43.0 Å². The lowest BCUT2D eigenvalue weighted by molar-refractivity contribution is 0.151. The highest BCUT2D eigenvalue weighted by Crippen LogP contribution is 2.42. The van der Waals surface area contributed by atoms with Gasteiger partial charge in [-0.05, 0) is 17.7 Å². The number of aromatic nitrogens is 2. The van der Waals surface area contributed by atoms with E-state index in [0.29, 0.717) is 5.02 Å². The van der Waals surface area contributed by atoms with Gasteiger partial charge in [0.2, 0.25) is 0 Å². The summed E-state index contributed by atoms with van der Waals surface area (Å²) in [6.07, 6.45) is 4.72. The van der Waals surface area contributed by atoms with Crippen molar-refractivity contribution in [3.8, 4) is 0 Å². The predicted octanol–water partition coefficient (Wildman–Crippen LogP) is 4.30. The quantitative estimate of drug-likeness (QED) is 0.915. The number of halogens is 1. The van der Waals surface area contributed by atoms with Gasteiger partial charge < -0.3 is 9.67 Å². The number of aliphatic hydroxyl groups excluding tert-OH is 1. The van der Waals surface area contributed by atoms with Crippen LogP contribution < -0.4 is 0 Å². The summed E-state index contributed by atoms with van der Waals surface area (Å²) in [4.78, 5) is 4.08. The number of hydrogen-bond acceptors (Lipinski definition) is 3. The van der Waals surface area contributed by atoms with Gasteiger partial charge in [-0.15, -0.1) is 11.8 Å². The maximum atomic E-state index is 10.7. The minimum atomic E-state index is -0.620. The third-order valence-corrected chi connectivity index (χ3v) is 4.48. The minimum Gasteiger partial charge on any atom is -0.385 e. The monoisotopic (exact) mass is 310 g/mol. The van der Waals surface area contributed by atoms with Crippen molar-refractivity contribution in [2.45, 2.75) is 37.0 Å². The van der Waals surface area contributed by atoms with E-state index in [9.17, 15) is 5.11 Å². The van der Waals surface area contributed by atoms with Crippen molar-refractivity contribution in [2.75, 3.05) is 0 Å². The molecule has 1 aromatic heterocycles. The summed E-state index contributed by atoms with van der Waals surface area (Å²) in [6, 6.07) is 7.32. The summed E-state index contributed by atoms with van der Waals surface area (Å²) < 4.78 is 1.97. The summed E-state index contributed by atoms with van der Waals surface area (Å²) >= 11 is 7.61. The third kappa shape index (κ3) is 4.01. The van der Waals surface area contributed by atoms with Crippen LogP contribution in [0, 0.1) is 0 Å². The Morgan fingerprint density at radius 2 is 1.90 bits per heavy atom. The van der Waals surface area contributed by atoms with Crippen molar-refractivity contribution in [1.82, 2.24) is 9.55 Å². The van der Waals surface area contributed by atoms with Crippen molar-refractivity contribution in [2.24, 2.45) is 0 Å². The van der Waals surface area contributed by atoms with E-state index < -0.39 is 6.10 Å². The van der Waals surface area contributed by atoms with Gasteiger partial charge in [-0.25, -0.2) is 4.98 Å². The van der Waals surface area contributed by atoms with Gasteiger partial charge in [0, 0.05) is 22.2 Å². The fourth-order valence-electron chi connectivity index (χ4n) is 1.90. The molecule has 2 unspecified atom stereocenters. The van der Waals surface area contributed by atoms with E-state index in [1.54, 1.807) is 36.4 Å². The second kappa shape index (κ2) is 6.20. The third-order valence-electron chi connectivity index (χ3n) is 2.77. The summed E-state index contributed by atoms with van der Waals surface area (Å²) in [5, 5.41) is 11.2. The van der Waals surface area contributed by atoms with E-state index >= 15 is 0 Å². The lowest BCUT2D eigenvalue weighted by Crippen LogP contribution is -2.20. The molecule has 1 N–H and O–H groups in total. The molecule has 1 heterocycles. The van der Waals surface area contributed by atoms with Crippen LogP contribution in [-0.2, 0) is 0 Å². The van der Waals surface area contributed by atoms with E-state index in [0.717, 1.165) is 5.56 Å². The SMILES string of the molecule is CC(C)(C)SC(C(O)c1ccc(Cl)cc1)n1ccnc1. The molecule has 3 nitrogen and oxygen atoms in total. The average molecular weight is 311 g/mol. The summed E-state index contributed by atoms with van der Waals surface area (Å²) in [5.74, 6) is 0. The van der Waals surface area contributed by atoms with Crippen LogP contribution in [0.25, 0.3) is 0 Å². The van der Waals surface area contributed by atoms with E-state index in [2.05, 4.69) is 25.8 Å². The van der Waals surface area contributed by atoms with Gasteiger partial charge in [0.15, 0.2) is 0 Å². The molecular formula is C15H19ClN2OS. The molecule has 0 amide bonds. The standard InChI is InChI=1S/C15H19ClN2OS/c1-15(2,3)20-14(18-9-8-17-10-18)13(19)11-4-6-12(16)7-5-11/h4-10,13-14,19H,1-3H3. The molecule has 2 rings (SSSR count). The van der Waals surface area contributed by atoms with Crippen LogP contribution in [0.2, 0.25) is 5.02 Å². The number of imidazole rings is 1. The molecule has 0 bridgehead atoms. The molecule has 0 radical (unpaired) electrons. The van der Waals surface area contributed by atoms with Crippen molar-refractivity contribution in [3.05, 3.63) is 53.6 Å². The molecule has 20 heavy (non-hydrogen) atoms. The van der Waals surface area contributed by atoms with Gasteiger partial charge in [-0.3, -0.25) is 0 Å². The summed E-state index contributed by atoms with van der Waals surface area (Å²) in [6.45, 7) is 6.41. The first kappa shape index (κ1) is 15.4. The maximum Gasteiger partial charge on any atom is 0.111 e. The Kier molecular flexibility index (Phi) is 4.78. The zero-order valence-electron chi connectivity index (χ0n) is 11.8. The minimum absolute atomic E-state index is 0.0301. The van der Waals surface area contributed by atoms with Gasteiger partial charge in [-0.2, -0.15) is 0 Å². The second-order valence-electron chi connectivity index (χ2n) is 5.63. The van der Waals surface area contributed by atoms with Crippen LogP contribution in [0.3, 0.4) is 0 Å². The highest BCUT2D eigenvalue weighted by Gasteiger charge is 2.28. The van der Waals surface area contributed by atoms with Crippen molar-refractivity contribution in [1.29, 1.82) is 0 Å². The summed E-state index contributed by atoms with van der Waals surface area (Å²) in [5.41, 5.74) is 0.852. The van der Waals surface area contributed by atoms with Gasteiger partial charge >= 0.3 is 0 Å². The smallest absolute Gasteiger partial charge is 0.111 e. The molecule has 0 spiro atoms. The molecule has 108 valence electrons. The molecule has 0 saturated carbocycles. The van der Waals surface area contributed by atoms with E-state index in [1.165, 1.54) is 0 Å². The van der Waals surface area contributed by atoms with Crippen LogP contribution in [0.4, 0.5) is 0 Å². The number of aliphatic hydroxyl groups is 1. The van der Waals surface area contributed by atoms with Gasteiger partial charge in [-0.1, -0.05) is 44.5 Å². The van der Waals surface area contributed by atoms with Gasteiger partial charge in [0.05, 0.1) is 6.33 Å². The molecule has 5 heteroatoms. The van der Waals surface area contributed by atoms with Crippen LogP contribution in [0.5, 0.6) is 0 Å². The first-order valence-corrected chi connectivity index (χ1v) is 7.71. The molecule has 0 saturated heterocycles. The average Bonchev–Trinajstić information content (AvgIpc) is 2.89. The fourth-order valence-corrected chi connectivity index (χ4v) is 3.28. The van der Waals surface area contributed by atoms with Gasteiger partial charge in [0.25, 0.3) is 0 Å². The first-order valence-electron chi connectivity index (χ1n) is 6.45. The van der Waals surface area contributed by atoms with Crippen LogP contribution in [-0.4, -0.2) is 19.4 Å². The van der Waals surface area contributed by atoms with E-state index in [4.69, 9.17) is 11.6 Å². The van der Waals surface area contributed by atoms with Gasteiger partial charge in [0.1, 0.15) is 11.5 Å². The van der Waals surface area contributed by atoms with E-state index in [-0.39, 0.29) is 10.1 Å². The topological polar surface area (TPSA) is 38.0 Å². The maximum absolute atomic E-state index is 10.7. The molecule has 2 atom stereocenters. The molecule has 0 aliphatic heterocycles. The number of hydrogen-bond donors (Lipinski definition) is 1. The zero-order valence-corrected chi connectivity index (χ0v) is 13.4. The lowest BCUT2D eigenvalue weighted by atomic mass is 10.1. The number of thioether (sulfide) groups is 1. The highest BCUT2D eigenvalue weighted by molar-refractivity contribution is 8.00. The number of nitrogens with zero attached hydrogens (tertiary/aromatic N) is 2.